The fourth-order valence-electron chi connectivity index (χ4n) is 4.92. The van der Waals surface area contributed by atoms with Crippen molar-refractivity contribution in [2.24, 2.45) is 0 Å². The fraction of sp³-hybridized carbons (Fsp3) is 0.522. The molecule has 0 saturated heterocycles. The largest absolute Gasteiger partial charge is 0.365 e. The number of halogens is 1. The lowest BCUT2D eigenvalue weighted by Crippen LogP contribution is -2.32. The van der Waals surface area contributed by atoms with Gasteiger partial charge in [0.25, 0.3) is 0 Å². The number of imidazole rings is 1. The van der Waals surface area contributed by atoms with Crippen molar-refractivity contribution >= 4 is 5.82 Å². The van der Waals surface area contributed by atoms with Gasteiger partial charge in [-0.05, 0) is 43.4 Å². The quantitative estimate of drug-likeness (QED) is 0.687. The van der Waals surface area contributed by atoms with E-state index in [1.807, 2.05) is 4.57 Å². The van der Waals surface area contributed by atoms with E-state index in [0.717, 1.165) is 48.6 Å². The molecule has 1 unspecified atom stereocenters. The summed E-state index contributed by atoms with van der Waals surface area (Å²) in [5.74, 6) is 2.55. The summed E-state index contributed by atoms with van der Waals surface area (Å²) in [6.45, 7) is 3.29. The Hall–Kier alpha value is -2.70. The van der Waals surface area contributed by atoms with Gasteiger partial charge in [-0.3, -0.25) is 9.13 Å². The van der Waals surface area contributed by atoms with Crippen LogP contribution in [-0.4, -0.2) is 25.1 Å². The molecule has 0 bridgehead atoms. The van der Waals surface area contributed by atoms with Crippen LogP contribution in [0.5, 0.6) is 0 Å². The van der Waals surface area contributed by atoms with Crippen molar-refractivity contribution in [3.05, 3.63) is 52.0 Å². The van der Waals surface area contributed by atoms with Crippen molar-refractivity contribution < 1.29 is 4.39 Å². The molecule has 1 aromatic rings. The number of rotatable bonds is 5. The van der Waals surface area contributed by atoms with E-state index in [0.29, 0.717) is 24.8 Å². The van der Waals surface area contributed by atoms with E-state index < -0.39 is 0 Å². The minimum absolute atomic E-state index is 0.0245. The minimum atomic E-state index is -0.234. The number of aromatic nitrogens is 4. The average molecular weight is 410 g/mol. The van der Waals surface area contributed by atoms with Crippen LogP contribution in [-0.2, 0) is 19.5 Å². The Kier molecular flexibility index (Phi) is 5.05. The molecule has 7 heteroatoms. The van der Waals surface area contributed by atoms with E-state index in [4.69, 9.17) is 9.97 Å². The summed E-state index contributed by atoms with van der Waals surface area (Å²) >= 11 is 0. The van der Waals surface area contributed by atoms with Gasteiger partial charge in [0.15, 0.2) is 5.82 Å². The maximum atomic E-state index is 13.3. The van der Waals surface area contributed by atoms with Crippen molar-refractivity contribution in [1.29, 1.82) is 0 Å². The molecule has 5 rings (SSSR count). The van der Waals surface area contributed by atoms with Gasteiger partial charge in [-0.2, -0.15) is 0 Å². The SMILES string of the molecule is CCCn1c2nc(C3CCCCC3)nc-2c2n(c1=O)CC(Cc1ccc(F)cc1)N2. The Bertz CT molecular complexity index is 1060. The number of benzene rings is 1. The summed E-state index contributed by atoms with van der Waals surface area (Å²) in [7, 11) is 0. The van der Waals surface area contributed by atoms with E-state index >= 15 is 0 Å². The lowest BCUT2D eigenvalue weighted by atomic mass is 9.89. The number of hydrogen-bond acceptors (Lipinski definition) is 4. The predicted molar refractivity (Wildman–Crippen MR) is 115 cm³/mol. The molecule has 1 fully saturated rings. The van der Waals surface area contributed by atoms with Crippen LogP contribution in [0, 0.1) is 5.82 Å². The predicted octanol–water partition coefficient (Wildman–Crippen LogP) is 4.18. The van der Waals surface area contributed by atoms with Crippen LogP contribution < -0.4 is 11.0 Å². The highest BCUT2D eigenvalue weighted by Gasteiger charge is 2.33. The zero-order valence-corrected chi connectivity index (χ0v) is 17.4. The summed E-state index contributed by atoms with van der Waals surface area (Å²) < 4.78 is 16.8. The Morgan fingerprint density at radius 1 is 1.13 bits per heavy atom. The third-order valence-electron chi connectivity index (χ3n) is 6.43. The van der Waals surface area contributed by atoms with E-state index in [9.17, 15) is 9.18 Å². The van der Waals surface area contributed by atoms with Crippen molar-refractivity contribution in [3.8, 4) is 11.5 Å². The molecule has 0 radical (unpaired) electrons. The average Bonchev–Trinajstić information content (AvgIpc) is 3.38. The molecule has 4 aliphatic rings. The molecule has 158 valence electrons. The van der Waals surface area contributed by atoms with Crippen molar-refractivity contribution in [2.45, 2.75) is 76.9 Å². The second-order valence-corrected chi connectivity index (χ2v) is 8.65. The van der Waals surface area contributed by atoms with Gasteiger partial charge in [-0.15, -0.1) is 0 Å². The van der Waals surface area contributed by atoms with Crippen molar-refractivity contribution in [3.63, 3.8) is 0 Å². The molecule has 1 aliphatic carbocycles. The van der Waals surface area contributed by atoms with E-state index in [1.165, 1.54) is 31.4 Å². The zero-order chi connectivity index (χ0) is 20.7. The second-order valence-electron chi connectivity index (χ2n) is 8.65. The van der Waals surface area contributed by atoms with E-state index in [-0.39, 0.29) is 17.5 Å². The number of hydrogen-bond donors (Lipinski definition) is 1. The number of nitrogens with zero attached hydrogens (tertiary/aromatic N) is 4. The van der Waals surface area contributed by atoms with Crippen LogP contribution in [0.3, 0.4) is 0 Å². The molecule has 1 aromatic carbocycles. The minimum Gasteiger partial charge on any atom is -0.365 e. The molecular formula is C23H28FN5O. The van der Waals surface area contributed by atoms with Gasteiger partial charge in [0, 0.05) is 25.0 Å². The first-order valence-corrected chi connectivity index (χ1v) is 11.2. The summed E-state index contributed by atoms with van der Waals surface area (Å²) in [6, 6.07) is 6.64. The van der Waals surface area contributed by atoms with Gasteiger partial charge in [0.05, 0.1) is 0 Å². The van der Waals surface area contributed by atoms with Crippen LogP contribution in [0.1, 0.15) is 62.8 Å². The highest BCUT2D eigenvalue weighted by molar-refractivity contribution is 5.70. The van der Waals surface area contributed by atoms with E-state index in [2.05, 4.69) is 12.2 Å². The monoisotopic (exact) mass is 409 g/mol. The molecule has 1 N–H and O–H groups in total. The van der Waals surface area contributed by atoms with Gasteiger partial charge in [-0.25, -0.2) is 19.2 Å². The second kappa shape index (κ2) is 7.85. The lowest BCUT2D eigenvalue weighted by Gasteiger charge is -2.18. The summed E-state index contributed by atoms with van der Waals surface area (Å²) in [5, 5.41) is 3.52. The zero-order valence-electron chi connectivity index (χ0n) is 17.4. The normalized spacial score (nSPS) is 19.2. The topological polar surface area (TPSA) is 64.7 Å². The highest BCUT2D eigenvalue weighted by atomic mass is 19.1. The van der Waals surface area contributed by atoms with Gasteiger partial charge < -0.3 is 5.32 Å². The standard InChI is InChI=1S/C23H28FN5O/c1-2-12-28-22-19(26-20(27-22)16-6-4-3-5-7-16)21-25-18(14-29(21)23(28)30)13-15-8-10-17(24)11-9-15/h8-11,16,18,25H,2-7,12-14H2,1H3. The summed E-state index contributed by atoms with van der Waals surface area (Å²) in [4.78, 5) is 23.1. The molecule has 3 aliphatic heterocycles. The Morgan fingerprint density at radius 3 is 2.63 bits per heavy atom. The number of nitrogens with one attached hydrogen (secondary N) is 1. The fourth-order valence-corrected chi connectivity index (χ4v) is 4.92. The molecular weight excluding hydrogens is 381 g/mol. The first-order chi connectivity index (χ1) is 14.6. The van der Waals surface area contributed by atoms with Crippen LogP contribution in [0.4, 0.5) is 10.2 Å². The summed E-state index contributed by atoms with van der Waals surface area (Å²) in [5.41, 5.74) is 1.83. The first-order valence-electron chi connectivity index (χ1n) is 11.2. The van der Waals surface area contributed by atoms with Crippen molar-refractivity contribution in [1.82, 2.24) is 19.1 Å². The lowest BCUT2D eigenvalue weighted by molar-refractivity contribution is 0.431. The number of fused-ring (bicyclic) bond motifs is 3. The van der Waals surface area contributed by atoms with Gasteiger partial charge in [-0.1, -0.05) is 38.3 Å². The van der Waals surface area contributed by atoms with E-state index in [1.54, 1.807) is 16.7 Å². The number of anilines is 1. The van der Waals surface area contributed by atoms with Crippen molar-refractivity contribution in [2.75, 3.05) is 5.32 Å². The molecule has 0 amide bonds. The Balaban J connectivity index is 1.51. The summed E-state index contributed by atoms with van der Waals surface area (Å²) in [6.07, 6.45) is 7.58. The van der Waals surface area contributed by atoms with Crippen LogP contribution >= 0.6 is 0 Å². The maximum absolute atomic E-state index is 13.3. The first kappa shape index (κ1) is 19.3. The third-order valence-corrected chi connectivity index (χ3v) is 6.43. The molecule has 3 heterocycles. The van der Waals surface area contributed by atoms with Crippen LogP contribution in [0.15, 0.2) is 29.1 Å². The van der Waals surface area contributed by atoms with Gasteiger partial charge in [0.2, 0.25) is 0 Å². The molecule has 0 aromatic heterocycles. The Morgan fingerprint density at radius 2 is 1.90 bits per heavy atom. The molecule has 30 heavy (non-hydrogen) atoms. The molecule has 1 saturated carbocycles. The smallest absolute Gasteiger partial charge is 0.331 e. The molecule has 6 nitrogen and oxygen atoms in total. The van der Waals surface area contributed by atoms with Gasteiger partial charge >= 0.3 is 5.69 Å². The highest BCUT2D eigenvalue weighted by Crippen LogP contribution is 2.36. The third kappa shape index (κ3) is 3.40. The molecule has 1 atom stereocenters. The van der Waals surface area contributed by atoms with Crippen LogP contribution in [0.25, 0.3) is 11.5 Å². The van der Waals surface area contributed by atoms with Crippen LogP contribution in [0.2, 0.25) is 0 Å². The molecule has 0 spiro atoms. The van der Waals surface area contributed by atoms with Gasteiger partial charge in [0.1, 0.15) is 23.2 Å². The maximum Gasteiger partial charge on any atom is 0.331 e. The Labute approximate surface area is 175 Å².